The van der Waals surface area contributed by atoms with Crippen LogP contribution in [0, 0.1) is 0 Å². The highest BCUT2D eigenvalue weighted by molar-refractivity contribution is 7.15. The molecule has 0 atom stereocenters. The zero-order chi connectivity index (χ0) is 15.6. The monoisotopic (exact) mass is 364 g/mol. The quantitative estimate of drug-likeness (QED) is 0.745. The van der Waals surface area contributed by atoms with Gasteiger partial charge in [0.15, 0.2) is 10.8 Å². The number of nitrogens with zero attached hydrogens (tertiary/aromatic N) is 4. The van der Waals surface area contributed by atoms with E-state index in [4.69, 9.17) is 0 Å². The number of fused-ring (bicyclic) bond motifs is 1. The average Bonchev–Trinajstić information content (AvgIpc) is 3.22. The van der Waals surface area contributed by atoms with Crippen molar-refractivity contribution in [3.8, 4) is 0 Å². The van der Waals surface area contributed by atoms with Gasteiger partial charge in [0.05, 0.1) is 6.20 Å². The second kappa shape index (κ2) is 7.25. The van der Waals surface area contributed by atoms with Crippen molar-refractivity contribution in [3.05, 3.63) is 41.3 Å². The molecule has 0 aromatic carbocycles. The smallest absolute Gasteiger partial charge is 0.262 e. The molecule has 3 aromatic heterocycles. The van der Waals surface area contributed by atoms with Crippen molar-refractivity contribution in [2.24, 2.45) is 0 Å². The lowest BCUT2D eigenvalue weighted by atomic mass is 9.97. The van der Waals surface area contributed by atoms with Crippen LogP contribution in [0.5, 0.6) is 0 Å². The van der Waals surface area contributed by atoms with Crippen molar-refractivity contribution in [1.29, 1.82) is 0 Å². The molecule has 1 saturated heterocycles. The minimum absolute atomic E-state index is 0. The van der Waals surface area contributed by atoms with Crippen molar-refractivity contribution >= 4 is 40.4 Å². The van der Waals surface area contributed by atoms with Crippen molar-refractivity contribution < 1.29 is 4.79 Å². The molecule has 4 rings (SSSR count). The number of hydrogen-bond donors (Lipinski definition) is 2. The number of rotatable bonds is 3. The molecule has 1 fully saturated rings. The fourth-order valence-electron chi connectivity index (χ4n) is 2.79. The molecule has 0 aliphatic carbocycles. The standard InChI is InChI=1S/C15H16N6OS.ClH/c22-14(11-8-19-21-7-1-4-17-13(11)21)20-15-18-9-12(23-15)10-2-5-16-6-3-10;/h1,4,7-10,16H,2-3,5-6H2,(H,18,20,22);1H. The molecule has 0 unspecified atom stereocenters. The van der Waals surface area contributed by atoms with Crippen LogP contribution in [0.4, 0.5) is 5.13 Å². The maximum absolute atomic E-state index is 12.4. The predicted octanol–water partition coefficient (Wildman–Crippen LogP) is 2.33. The van der Waals surface area contributed by atoms with Gasteiger partial charge in [-0.15, -0.1) is 23.7 Å². The van der Waals surface area contributed by atoms with E-state index in [-0.39, 0.29) is 18.3 Å². The van der Waals surface area contributed by atoms with Crippen LogP contribution in [-0.4, -0.2) is 38.6 Å². The van der Waals surface area contributed by atoms with Crippen molar-refractivity contribution in [2.75, 3.05) is 18.4 Å². The molecular weight excluding hydrogens is 348 g/mol. The van der Waals surface area contributed by atoms with Gasteiger partial charge in [-0.25, -0.2) is 14.5 Å². The average molecular weight is 365 g/mol. The summed E-state index contributed by atoms with van der Waals surface area (Å²) < 4.78 is 1.58. The number of amides is 1. The zero-order valence-electron chi connectivity index (χ0n) is 12.8. The number of thiazole rings is 1. The molecule has 4 heterocycles. The Bertz CT molecular complexity index is 841. The second-order valence-electron chi connectivity index (χ2n) is 5.49. The highest BCUT2D eigenvalue weighted by atomic mass is 35.5. The third-order valence-corrected chi connectivity index (χ3v) is 5.08. The molecule has 1 amide bonds. The lowest BCUT2D eigenvalue weighted by Gasteiger charge is -2.20. The van der Waals surface area contributed by atoms with Crippen LogP contribution in [0.1, 0.15) is 34.0 Å². The fraction of sp³-hybridized carbons (Fsp3) is 0.333. The summed E-state index contributed by atoms with van der Waals surface area (Å²) in [7, 11) is 0. The van der Waals surface area contributed by atoms with Gasteiger partial charge in [-0.1, -0.05) is 0 Å². The number of hydrogen-bond acceptors (Lipinski definition) is 6. The number of halogens is 1. The van der Waals surface area contributed by atoms with Gasteiger partial charge < -0.3 is 5.32 Å². The van der Waals surface area contributed by atoms with Gasteiger partial charge in [0.25, 0.3) is 5.91 Å². The first-order valence-corrected chi connectivity index (χ1v) is 8.39. The molecule has 126 valence electrons. The molecule has 0 radical (unpaired) electrons. The molecule has 24 heavy (non-hydrogen) atoms. The van der Waals surface area contributed by atoms with Gasteiger partial charge in [-0.3, -0.25) is 10.1 Å². The van der Waals surface area contributed by atoms with Gasteiger partial charge in [0.1, 0.15) is 5.56 Å². The van der Waals surface area contributed by atoms with E-state index in [0.717, 1.165) is 25.9 Å². The summed E-state index contributed by atoms with van der Waals surface area (Å²) in [4.78, 5) is 22.2. The van der Waals surface area contributed by atoms with E-state index < -0.39 is 0 Å². The van der Waals surface area contributed by atoms with Gasteiger partial charge in [0, 0.05) is 23.5 Å². The number of nitrogens with one attached hydrogen (secondary N) is 2. The van der Waals surface area contributed by atoms with E-state index in [1.807, 2.05) is 6.20 Å². The Balaban J connectivity index is 0.00000169. The molecular formula is C15H17ClN6OS. The van der Waals surface area contributed by atoms with Gasteiger partial charge in [-0.2, -0.15) is 5.10 Å². The summed E-state index contributed by atoms with van der Waals surface area (Å²) in [5, 5.41) is 11.0. The Kier molecular flexibility index (Phi) is 5.08. The highest BCUT2D eigenvalue weighted by Crippen LogP contribution is 2.31. The first-order valence-electron chi connectivity index (χ1n) is 7.57. The van der Waals surface area contributed by atoms with Gasteiger partial charge in [0.2, 0.25) is 0 Å². The summed E-state index contributed by atoms with van der Waals surface area (Å²) >= 11 is 1.55. The molecule has 0 spiro atoms. The lowest BCUT2D eigenvalue weighted by molar-refractivity contribution is 0.102. The number of carbonyl (C=O) groups is 1. The summed E-state index contributed by atoms with van der Waals surface area (Å²) in [5.74, 6) is 0.308. The Morgan fingerprint density at radius 2 is 2.12 bits per heavy atom. The van der Waals surface area contributed by atoms with Crippen molar-refractivity contribution in [3.63, 3.8) is 0 Å². The number of piperidine rings is 1. The maximum Gasteiger partial charge on any atom is 0.262 e. The zero-order valence-corrected chi connectivity index (χ0v) is 14.4. The maximum atomic E-state index is 12.4. The molecule has 1 aliphatic heterocycles. The fourth-order valence-corrected chi connectivity index (χ4v) is 3.77. The Hall–Kier alpha value is -2.03. The second-order valence-corrected chi connectivity index (χ2v) is 6.55. The van der Waals surface area contributed by atoms with E-state index in [2.05, 4.69) is 25.7 Å². The van der Waals surface area contributed by atoms with E-state index in [1.165, 1.54) is 11.1 Å². The van der Waals surface area contributed by atoms with Crippen LogP contribution in [0.25, 0.3) is 5.65 Å². The minimum atomic E-state index is -0.232. The van der Waals surface area contributed by atoms with Crippen molar-refractivity contribution in [1.82, 2.24) is 24.9 Å². The van der Waals surface area contributed by atoms with Crippen LogP contribution in [0.3, 0.4) is 0 Å². The summed E-state index contributed by atoms with van der Waals surface area (Å²) in [6.07, 6.45) is 9.05. The van der Waals surface area contributed by atoms with Crippen LogP contribution >= 0.6 is 23.7 Å². The van der Waals surface area contributed by atoms with Crippen LogP contribution in [0.15, 0.2) is 30.9 Å². The number of carbonyl (C=O) groups excluding carboxylic acids is 1. The molecule has 2 N–H and O–H groups in total. The Morgan fingerprint density at radius 3 is 2.96 bits per heavy atom. The molecule has 3 aromatic rings. The van der Waals surface area contributed by atoms with Crippen molar-refractivity contribution in [2.45, 2.75) is 18.8 Å². The largest absolute Gasteiger partial charge is 0.317 e. The number of anilines is 1. The van der Waals surface area contributed by atoms with E-state index in [0.29, 0.717) is 22.3 Å². The summed E-state index contributed by atoms with van der Waals surface area (Å²) in [6.45, 7) is 2.08. The molecule has 1 aliphatic rings. The van der Waals surface area contributed by atoms with E-state index >= 15 is 0 Å². The van der Waals surface area contributed by atoms with Crippen LogP contribution in [-0.2, 0) is 0 Å². The Morgan fingerprint density at radius 1 is 1.29 bits per heavy atom. The highest BCUT2D eigenvalue weighted by Gasteiger charge is 2.19. The predicted molar refractivity (Wildman–Crippen MR) is 95.1 cm³/mol. The third kappa shape index (κ3) is 3.26. The van der Waals surface area contributed by atoms with Gasteiger partial charge in [-0.05, 0) is 37.9 Å². The molecule has 7 nitrogen and oxygen atoms in total. The van der Waals surface area contributed by atoms with Gasteiger partial charge >= 0.3 is 0 Å². The summed E-state index contributed by atoms with van der Waals surface area (Å²) in [6, 6.07) is 1.77. The van der Waals surface area contributed by atoms with E-state index in [9.17, 15) is 4.79 Å². The molecule has 0 saturated carbocycles. The minimum Gasteiger partial charge on any atom is -0.317 e. The third-order valence-electron chi connectivity index (χ3n) is 4.01. The Labute approximate surface area is 148 Å². The first-order chi connectivity index (χ1) is 11.3. The normalized spacial score (nSPS) is 15.2. The SMILES string of the molecule is Cl.O=C(Nc1ncc(C2CCNCC2)s1)c1cnn2cccnc12. The molecule has 0 bridgehead atoms. The topological polar surface area (TPSA) is 84.2 Å². The van der Waals surface area contributed by atoms with Crippen LogP contribution < -0.4 is 10.6 Å². The number of aromatic nitrogens is 4. The van der Waals surface area contributed by atoms with E-state index in [1.54, 1.807) is 34.3 Å². The van der Waals surface area contributed by atoms with Crippen LogP contribution in [0.2, 0.25) is 0 Å². The molecule has 9 heteroatoms. The lowest BCUT2D eigenvalue weighted by Crippen LogP contribution is -2.26. The summed E-state index contributed by atoms with van der Waals surface area (Å²) in [5.41, 5.74) is 0.990. The first kappa shape index (κ1) is 16.8.